The van der Waals surface area contributed by atoms with Crippen molar-refractivity contribution in [3.05, 3.63) is 0 Å². The van der Waals surface area contributed by atoms with Gasteiger partial charge in [0.05, 0.1) is 0 Å². The molecule has 0 atom stereocenters. The maximum atomic E-state index is 11.9. The zero-order valence-electron chi connectivity index (χ0n) is 11.7. The van der Waals surface area contributed by atoms with Crippen molar-refractivity contribution in [2.45, 2.75) is 46.1 Å². The van der Waals surface area contributed by atoms with Crippen molar-refractivity contribution in [1.82, 2.24) is 14.3 Å². The van der Waals surface area contributed by atoms with E-state index < -0.39 is 15.7 Å². The molecule has 0 aromatic rings. The first-order chi connectivity index (χ1) is 7.69. The predicted molar refractivity (Wildman–Crippen MR) is 72.2 cm³/mol. The minimum Gasteiger partial charge on any atom is -0.317 e. The first-order valence-electron chi connectivity index (χ1n) is 6.15. The lowest BCUT2D eigenvalue weighted by Gasteiger charge is -2.25. The van der Waals surface area contributed by atoms with E-state index in [2.05, 4.69) is 17.0 Å². The molecule has 0 spiro atoms. The van der Waals surface area contributed by atoms with E-state index in [1.54, 1.807) is 7.05 Å². The Hall–Kier alpha value is -0.170. The highest BCUT2D eigenvalue weighted by atomic mass is 32.2. The van der Waals surface area contributed by atoms with E-state index in [0.717, 1.165) is 25.9 Å². The normalized spacial score (nSPS) is 13.3. The summed E-state index contributed by atoms with van der Waals surface area (Å²) in [7, 11) is -1.75. The summed E-state index contributed by atoms with van der Waals surface area (Å²) in [5.74, 6) is 0. The van der Waals surface area contributed by atoms with Gasteiger partial charge < -0.3 is 5.32 Å². The van der Waals surface area contributed by atoms with Crippen molar-refractivity contribution in [2.75, 3.05) is 26.7 Å². The van der Waals surface area contributed by atoms with Gasteiger partial charge in [-0.25, -0.2) is 0 Å². The standard InChI is InChI=1S/C11H27N3O2S/c1-6-8-12-9-7-10-14(5)17(15,16)13-11(2,3)4/h12-13H,6-10H2,1-5H3. The minimum absolute atomic E-state index is 0.437. The Labute approximate surface area is 106 Å². The maximum absolute atomic E-state index is 11.9. The largest absolute Gasteiger partial charge is 0.317 e. The van der Waals surface area contributed by atoms with E-state index in [0.29, 0.717) is 6.54 Å². The fourth-order valence-corrected chi connectivity index (χ4v) is 2.61. The Kier molecular flexibility index (Phi) is 7.23. The van der Waals surface area contributed by atoms with Crippen LogP contribution in [0.5, 0.6) is 0 Å². The molecular weight excluding hydrogens is 238 g/mol. The van der Waals surface area contributed by atoms with E-state index in [4.69, 9.17) is 0 Å². The zero-order valence-corrected chi connectivity index (χ0v) is 12.5. The first-order valence-corrected chi connectivity index (χ1v) is 7.59. The number of nitrogens with one attached hydrogen (secondary N) is 2. The molecular formula is C11H27N3O2S. The van der Waals surface area contributed by atoms with Gasteiger partial charge in [-0.1, -0.05) is 6.92 Å². The molecule has 0 rings (SSSR count). The molecule has 0 unspecified atom stereocenters. The van der Waals surface area contributed by atoms with Gasteiger partial charge in [-0.2, -0.15) is 17.4 Å². The zero-order chi connectivity index (χ0) is 13.5. The van der Waals surface area contributed by atoms with Gasteiger partial charge in [0.2, 0.25) is 0 Å². The Bertz CT molecular complexity index is 296. The van der Waals surface area contributed by atoms with Gasteiger partial charge in [0.15, 0.2) is 0 Å². The molecule has 6 heteroatoms. The molecule has 0 aromatic heterocycles. The lowest BCUT2D eigenvalue weighted by molar-refractivity contribution is 0.416. The number of rotatable bonds is 8. The summed E-state index contributed by atoms with van der Waals surface area (Å²) >= 11 is 0. The monoisotopic (exact) mass is 265 g/mol. The van der Waals surface area contributed by atoms with Crippen LogP contribution in [-0.2, 0) is 10.2 Å². The van der Waals surface area contributed by atoms with Crippen LogP contribution in [0.3, 0.4) is 0 Å². The molecule has 17 heavy (non-hydrogen) atoms. The van der Waals surface area contributed by atoms with E-state index >= 15 is 0 Å². The molecule has 0 radical (unpaired) electrons. The Morgan fingerprint density at radius 1 is 1.18 bits per heavy atom. The summed E-state index contributed by atoms with van der Waals surface area (Å²) < 4.78 is 27.7. The van der Waals surface area contributed by atoms with Crippen LogP contribution in [0.2, 0.25) is 0 Å². The fraction of sp³-hybridized carbons (Fsp3) is 1.00. The van der Waals surface area contributed by atoms with E-state index in [1.165, 1.54) is 4.31 Å². The van der Waals surface area contributed by atoms with Crippen LogP contribution in [0.1, 0.15) is 40.5 Å². The summed E-state index contributed by atoms with van der Waals surface area (Å²) in [4.78, 5) is 0. The van der Waals surface area contributed by atoms with Crippen LogP contribution < -0.4 is 10.0 Å². The van der Waals surface area contributed by atoms with Crippen LogP contribution in [0.15, 0.2) is 0 Å². The number of hydrogen-bond donors (Lipinski definition) is 2. The van der Waals surface area contributed by atoms with Gasteiger partial charge in [0.1, 0.15) is 0 Å². The lowest BCUT2D eigenvalue weighted by atomic mass is 10.1. The first kappa shape index (κ1) is 16.8. The quantitative estimate of drug-likeness (QED) is 0.642. The Balaban J connectivity index is 4.00. The molecule has 0 heterocycles. The average molecular weight is 265 g/mol. The van der Waals surface area contributed by atoms with Gasteiger partial charge in [0, 0.05) is 19.1 Å². The summed E-state index contributed by atoms with van der Waals surface area (Å²) in [6.07, 6.45) is 1.92. The Morgan fingerprint density at radius 2 is 1.76 bits per heavy atom. The summed E-state index contributed by atoms with van der Waals surface area (Å²) in [5.41, 5.74) is -0.437. The highest BCUT2D eigenvalue weighted by Crippen LogP contribution is 2.05. The smallest absolute Gasteiger partial charge is 0.279 e. The van der Waals surface area contributed by atoms with Gasteiger partial charge >= 0.3 is 0 Å². The second kappa shape index (κ2) is 7.31. The van der Waals surface area contributed by atoms with Crippen molar-refractivity contribution < 1.29 is 8.42 Å². The third-order valence-corrected chi connectivity index (χ3v) is 3.97. The molecule has 0 amide bonds. The van der Waals surface area contributed by atoms with Crippen LogP contribution >= 0.6 is 0 Å². The van der Waals surface area contributed by atoms with Gasteiger partial charge in [-0.3, -0.25) is 0 Å². The fourth-order valence-electron chi connectivity index (χ4n) is 1.31. The third-order valence-electron chi connectivity index (χ3n) is 2.10. The number of hydrogen-bond acceptors (Lipinski definition) is 3. The second-order valence-electron chi connectivity index (χ2n) is 5.28. The minimum atomic E-state index is -3.36. The van der Waals surface area contributed by atoms with Crippen molar-refractivity contribution in [3.63, 3.8) is 0 Å². The lowest BCUT2D eigenvalue weighted by Crippen LogP contribution is -2.48. The third kappa shape index (κ3) is 8.54. The molecule has 0 saturated carbocycles. The molecule has 0 aromatic carbocycles. The summed E-state index contributed by atoms with van der Waals surface area (Å²) in [6.45, 7) is 9.97. The molecule has 0 aliphatic rings. The van der Waals surface area contributed by atoms with Crippen molar-refractivity contribution >= 4 is 10.2 Å². The Morgan fingerprint density at radius 3 is 2.24 bits per heavy atom. The van der Waals surface area contributed by atoms with E-state index in [1.807, 2.05) is 20.8 Å². The SMILES string of the molecule is CCCNCCCN(C)S(=O)(=O)NC(C)(C)C. The van der Waals surface area contributed by atoms with E-state index in [-0.39, 0.29) is 0 Å². The highest BCUT2D eigenvalue weighted by molar-refractivity contribution is 7.87. The maximum Gasteiger partial charge on any atom is 0.279 e. The average Bonchev–Trinajstić information content (AvgIpc) is 2.13. The molecule has 0 fully saturated rings. The molecule has 5 nitrogen and oxygen atoms in total. The molecule has 0 bridgehead atoms. The van der Waals surface area contributed by atoms with Gasteiger partial charge in [0.25, 0.3) is 10.2 Å². The van der Waals surface area contributed by atoms with Crippen LogP contribution in [0.25, 0.3) is 0 Å². The predicted octanol–water partition coefficient (Wildman–Crippen LogP) is 0.941. The van der Waals surface area contributed by atoms with Gasteiger partial charge in [-0.05, 0) is 46.7 Å². The highest BCUT2D eigenvalue weighted by Gasteiger charge is 2.23. The van der Waals surface area contributed by atoms with Crippen LogP contribution in [-0.4, -0.2) is 44.9 Å². The number of nitrogens with zero attached hydrogens (tertiary/aromatic N) is 1. The molecule has 0 saturated heterocycles. The van der Waals surface area contributed by atoms with Crippen molar-refractivity contribution in [1.29, 1.82) is 0 Å². The van der Waals surface area contributed by atoms with E-state index in [9.17, 15) is 8.42 Å². The van der Waals surface area contributed by atoms with Gasteiger partial charge in [-0.15, -0.1) is 0 Å². The topological polar surface area (TPSA) is 61.4 Å². The second-order valence-corrected chi connectivity index (χ2v) is 7.06. The van der Waals surface area contributed by atoms with Crippen LogP contribution in [0, 0.1) is 0 Å². The van der Waals surface area contributed by atoms with Crippen molar-refractivity contribution in [3.8, 4) is 0 Å². The summed E-state index contributed by atoms with van der Waals surface area (Å²) in [5, 5.41) is 3.25. The molecule has 2 N–H and O–H groups in total. The van der Waals surface area contributed by atoms with Crippen LogP contribution in [0.4, 0.5) is 0 Å². The van der Waals surface area contributed by atoms with Crippen molar-refractivity contribution in [2.24, 2.45) is 0 Å². The summed E-state index contributed by atoms with van der Waals surface area (Å²) in [6, 6.07) is 0. The molecule has 0 aliphatic heterocycles. The molecule has 104 valence electrons. The molecule has 0 aliphatic carbocycles.